The minimum Gasteiger partial charge on any atom is -0.454 e. The van der Waals surface area contributed by atoms with Gasteiger partial charge in [0.1, 0.15) is 0 Å². The molecule has 0 radical (unpaired) electrons. The molecule has 1 aliphatic heterocycles. The number of halogens is 1. The fourth-order valence-electron chi connectivity index (χ4n) is 2.31. The highest BCUT2D eigenvalue weighted by Crippen LogP contribution is 2.40. The zero-order valence-corrected chi connectivity index (χ0v) is 13.6. The molecule has 1 heterocycles. The maximum atomic E-state index is 12.3. The van der Waals surface area contributed by atoms with E-state index in [2.05, 4.69) is 5.32 Å². The number of allylic oxidation sites excluding steroid dienone is 1. The van der Waals surface area contributed by atoms with Gasteiger partial charge in [0.2, 0.25) is 12.7 Å². The molecule has 5 nitrogen and oxygen atoms in total. The number of carbonyl (C=O) groups excluding carboxylic acids is 2. The summed E-state index contributed by atoms with van der Waals surface area (Å²) in [5.41, 5.74) is 1.79. The van der Waals surface area contributed by atoms with Crippen molar-refractivity contribution in [3.05, 3.63) is 58.6 Å². The Balaban J connectivity index is 1.78. The summed E-state index contributed by atoms with van der Waals surface area (Å²) in [5, 5.41) is 3.08. The van der Waals surface area contributed by atoms with E-state index in [-0.39, 0.29) is 18.5 Å². The van der Waals surface area contributed by atoms with Crippen molar-refractivity contribution in [1.82, 2.24) is 0 Å². The van der Waals surface area contributed by atoms with Crippen LogP contribution in [0.2, 0.25) is 5.02 Å². The number of nitrogens with one attached hydrogen (secondary N) is 1. The highest BCUT2D eigenvalue weighted by atomic mass is 35.5. The second-order valence-corrected chi connectivity index (χ2v) is 5.60. The summed E-state index contributed by atoms with van der Waals surface area (Å²) in [7, 11) is 0. The largest absolute Gasteiger partial charge is 0.454 e. The number of hydrogen-bond donors (Lipinski definition) is 1. The lowest BCUT2D eigenvalue weighted by Gasteiger charge is -2.03. The average molecular weight is 344 g/mol. The van der Waals surface area contributed by atoms with Crippen LogP contribution in [0, 0.1) is 0 Å². The molecule has 1 N–H and O–H groups in total. The first-order valence-corrected chi connectivity index (χ1v) is 7.60. The molecule has 0 unspecified atom stereocenters. The van der Waals surface area contributed by atoms with E-state index in [0.29, 0.717) is 27.8 Å². The number of ether oxygens (including phenoxy) is 2. The van der Waals surface area contributed by atoms with Crippen LogP contribution in [0.4, 0.5) is 5.69 Å². The quantitative estimate of drug-likeness (QED) is 0.675. The fraction of sp³-hybridized carbons (Fsp3) is 0.111. The zero-order chi connectivity index (χ0) is 17.1. The number of hydrogen-bond acceptors (Lipinski definition) is 4. The number of ketones is 1. The lowest BCUT2D eigenvalue weighted by molar-refractivity contribution is -0.114. The van der Waals surface area contributed by atoms with Crippen molar-refractivity contribution in [2.75, 3.05) is 12.1 Å². The average Bonchev–Trinajstić information content (AvgIpc) is 3.01. The van der Waals surface area contributed by atoms with E-state index in [9.17, 15) is 9.59 Å². The number of benzene rings is 2. The van der Waals surface area contributed by atoms with Crippen LogP contribution in [0.3, 0.4) is 0 Å². The lowest BCUT2D eigenvalue weighted by Crippen LogP contribution is -2.06. The first kappa shape index (κ1) is 16.1. The van der Waals surface area contributed by atoms with E-state index in [1.165, 1.54) is 13.0 Å². The molecule has 0 bridgehead atoms. The van der Waals surface area contributed by atoms with Crippen LogP contribution in [0.1, 0.15) is 22.8 Å². The third-order valence-electron chi connectivity index (χ3n) is 3.34. The number of rotatable bonds is 4. The maximum Gasteiger partial charge on any atom is 0.231 e. The van der Waals surface area contributed by atoms with Gasteiger partial charge in [-0.25, -0.2) is 0 Å². The molecule has 0 aromatic heterocycles. The van der Waals surface area contributed by atoms with Gasteiger partial charge in [0.05, 0.1) is 5.02 Å². The van der Waals surface area contributed by atoms with Crippen molar-refractivity contribution >= 4 is 35.1 Å². The smallest absolute Gasteiger partial charge is 0.231 e. The molecule has 24 heavy (non-hydrogen) atoms. The highest BCUT2D eigenvalue weighted by Gasteiger charge is 2.17. The van der Waals surface area contributed by atoms with E-state index in [1.54, 1.807) is 42.5 Å². The van der Waals surface area contributed by atoms with Crippen LogP contribution >= 0.6 is 11.6 Å². The van der Waals surface area contributed by atoms with Crippen LogP contribution in [0.5, 0.6) is 11.5 Å². The molecular weight excluding hydrogens is 330 g/mol. The van der Waals surface area contributed by atoms with Gasteiger partial charge in [0.15, 0.2) is 17.3 Å². The summed E-state index contributed by atoms with van der Waals surface area (Å²) in [6, 6.07) is 10.2. The molecule has 2 aromatic rings. The molecule has 0 aliphatic carbocycles. The van der Waals surface area contributed by atoms with E-state index >= 15 is 0 Å². The second-order valence-electron chi connectivity index (χ2n) is 5.20. The van der Waals surface area contributed by atoms with Crippen LogP contribution in [-0.4, -0.2) is 18.5 Å². The summed E-state index contributed by atoms with van der Waals surface area (Å²) >= 11 is 6.11. The van der Waals surface area contributed by atoms with Gasteiger partial charge in [0.25, 0.3) is 0 Å². The van der Waals surface area contributed by atoms with Crippen LogP contribution in [-0.2, 0) is 4.79 Å². The predicted molar refractivity (Wildman–Crippen MR) is 91.7 cm³/mol. The molecule has 1 amide bonds. The van der Waals surface area contributed by atoms with Crippen molar-refractivity contribution < 1.29 is 19.1 Å². The summed E-state index contributed by atoms with van der Waals surface area (Å²) in [6.07, 6.45) is 3.10. The normalized spacial score (nSPS) is 12.4. The molecule has 122 valence electrons. The number of amides is 1. The third kappa shape index (κ3) is 3.58. The Labute approximate surface area is 143 Å². The molecule has 0 saturated heterocycles. The van der Waals surface area contributed by atoms with Crippen molar-refractivity contribution in [3.63, 3.8) is 0 Å². The Morgan fingerprint density at radius 3 is 2.83 bits per heavy atom. The number of carbonyl (C=O) groups is 2. The standard InChI is InChI=1S/C18H14ClNO4/c1-11(21)20-14-4-2-3-13(9-14)16(22)6-5-12-7-15(19)18-17(8-12)23-10-24-18/h2-9H,10H2,1H3,(H,20,21). The Morgan fingerprint density at radius 2 is 2.04 bits per heavy atom. The SMILES string of the molecule is CC(=O)Nc1cccc(C(=O)C=Cc2cc(Cl)c3c(c2)OCO3)c1. The lowest BCUT2D eigenvalue weighted by atomic mass is 10.1. The van der Waals surface area contributed by atoms with Crippen LogP contribution < -0.4 is 14.8 Å². The van der Waals surface area contributed by atoms with Crippen molar-refractivity contribution in [3.8, 4) is 11.5 Å². The molecule has 3 rings (SSSR count). The second kappa shape index (κ2) is 6.76. The third-order valence-corrected chi connectivity index (χ3v) is 3.62. The summed E-state index contributed by atoms with van der Waals surface area (Å²) in [4.78, 5) is 23.4. The van der Waals surface area contributed by atoms with Crippen LogP contribution in [0.15, 0.2) is 42.5 Å². The molecular formula is C18H14ClNO4. The molecule has 2 aromatic carbocycles. The summed E-state index contributed by atoms with van der Waals surface area (Å²) < 4.78 is 10.5. The Bertz CT molecular complexity index is 845. The van der Waals surface area contributed by atoms with Gasteiger partial charge in [-0.3, -0.25) is 9.59 Å². The maximum absolute atomic E-state index is 12.3. The Kier molecular flexibility index (Phi) is 4.53. The minimum absolute atomic E-state index is 0.136. The van der Waals surface area contributed by atoms with Gasteiger partial charge in [-0.1, -0.05) is 29.8 Å². The minimum atomic E-state index is -0.190. The van der Waals surface area contributed by atoms with Gasteiger partial charge in [-0.05, 0) is 35.9 Å². The van der Waals surface area contributed by atoms with Gasteiger partial charge in [-0.2, -0.15) is 0 Å². The predicted octanol–water partition coefficient (Wildman–Crippen LogP) is 3.92. The van der Waals surface area contributed by atoms with Crippen molar-refractivity contribution in [1.29, 1.82) is 0 Å². The summed E-state index contributed by atoms with van der Waals surface area (Å²) in [6.45, 7) is 1.55. The van der Waals surface area contributed by atoms with Crippen LogP contribution in [0.25, 0.3) is 6.08 Å². The van der Waals surface area contributed by atoms with Gasteiger partial charge >= 0.3 is 0 Å². The Morgan fingerprint density at radius 1 is 1.21 bits per heavy atom. The van der Waals surface area contributed by atoms with E-state index in [4.69, 9.17) is 21.1 Å². The van der Waals surface area contributed by atoms with Crippen molar-refractivity contribution in [2.45, 2.75) is 6.92 Å². The number of anilines is 1. The first-order valence-electron chi connectivity index (χ1n) is 7.22. The van der Waals surface area contributed by atoms with E-state index in [0.717, 1.165) is 5.56 Å². The van der Waals surface area contributed by atoms with Crippen molar-refractivity contribution in [2.24, 2.45) is 0 Å². The van der Waals surface area contributed by atoms with E-state index in [1.807, 2.05) is 0 Å². The van der Waals surface area contributed by atoms with Gasteiger partial charge < -0.3 is 14.8 Å². The molecule has 0 saturated carbocycles. The molecule has 0 atom stereocenters. The van der Waals surface area contributed by atoms with E-state index < -0.39 is 0 Å². The zero-order valence-electron chi connectivity index (χ0n) is 12.8. The molecule has 1 aliphatic rings. The first-order chi connectivity index (χ1) is 11.5. The monoisotopic (exact) mass is 343 g/mol. The Hall–Kier alpha value is -2.79. The number of fused-ring (bicyclic) bond motifs is 1. The molecule has 6 heteroatoms. The highest BCUT2D eigenvalue weighted by molar-refractivity contribution is 6.32. The molecule has 0 spiro atoms. The van der Waals surface area contributed by atoms with Gasteiger partial charge in [-0.15, -0.1) is 0 Å². The summed E-state index contributed by atoms with van der Waals surface area (Å²) in [5.74, 6) is 0.701. The fourth-order valence-corrected chi connectivity index (χ4v) is 2.58. The molecule has 0 fully saturated rings. The van der Waals surface area contributed by atoms with Gasteiger partial charge in [0, 0.05) is 18.2 Å². The topological polar surface area (TPSA) is 64.6 Å².